The predicted octanol–water partition coefficient (Wildman–Crippen LogP) is 3.93. The molecule has 26 heavy (non-hydrogen) atoms. The maximum absolute atomic E-state index is 12.5. The van der Waals surface area contributed by atoms with Crippen molar-refractivity contribution in [1.82, 2.24) is 5.32 Å². The van der Waals surface area contributed by atoms with Gasteiger partial charge in [-0.3, -0.25) is 9.59 Å². The van der Waals surface area contributed by atoms with E-state index < -0.39 is 5.91 Å². The van der Waals surface area contributed by atoms with Gasteiger partial charge in [0.15, 0.2) is 0 Å². The van der Waals surface area contributed by atoms with Crippen LogP contribution in [0.5, 0.6) is 0 Å². The number of thiophene rings is 1. The first-order chi connectivity index (χ1) is 12.2. The summed E-state index contributed by atoms with van der Waals surface area (Å²) < 4.78 is 0. The second kappa shape index (κ2) is 7.23. The average Bonchev–Trinajstić information content (AvgIpc) is 3.02. The molecule has 5 heteroatoms. The molecular weight excluding hydrogens is 344 g/mol. The lowest BCUT2D eigenvalue weighted by atomic mass is 9.72. The van der Waals surface area contributed by atoms with Crippen LogP contribution in [0.4, 0.5) is 0 Å². The second-order valence-electron chi connectivity index (χ2n) is 8.11. The van der Waals surface area contributed by atoms with Crippen LogP contribution in [0.3, 0.4) is 0 Å². The monoisotopic (exact) mass is 370 g/mol. The van der Waals surface area contributed by atoms with E-state index in [0.29, 0.717) is 23.4 Å². The minimum Gasteiger partial charge on any atom is -0.366 e. The molecule has 2 amide bonds. The lowest BCUT2D eigenvalue weighted by molar-refractivity contribution is 0.0953. The van der Waals surface area contributed by atoms with Crippen molar-refractivity contribution >= 4 is 23.2 Å². The highest BCUT2D eigenvalue weighted by Gasteiger charge is 2.30. The Morgan fingerprint density at radius 2 is 1.92 bits per heavy atom. The molecule has 1 atom stereocenters. The largest absolute Gasteiger partial charge is 0.366 e. The number of nitrogens with one attached hydrogen (secondary N) is 1. The molecule has 0 saturated carbocycles. The van der Waals surface area contributed by atoms with E-state index in [4.69, 9.17) is 5.73 Å². The Morgan fingerprint density at radius 3 is 2.54 bits per heavy atom. The molecule has 3 N–H and O–H groups in total. The molecule has 0 aliphatic heterocycles. The lowest BCUT2D eigenvalue weighted by Crippen LogP contribution is -2.26. The Morgan fingerprint density at radius 1 is 1.23 bits per heavy atom. The minimum atomic E-state index is -0.446. The van der Waals surface area contributed by atoms with Crippen molar-refractivity contribution < 1.29 is 9.59 Å². The summed E-state index contributed by atoms with van der Waals surface area (Å²) in [7, 11) is 0. The quantitative estimate of drug-likeness (QED) is 0.856. The topological polar surface area (TPSA) is 72.2 Å². The van der Waals surface area contributed by atoms with Crippen molar-refractivity contribution in [1.29, 1.82) is 0 Å². The fourth-order valence-electron chi connectivity index (χ4n) is 3.43. The third-order valence-electron chi connectivity index (χ3n) is 5.22. The van der Waals surface area contributed by atoms with Gasteiger partial charge in [-0.15, -0.1) is 11.3 Å². The summed E-state index contributed by atoms with van der Waals surface area (Å²) in [4.78, 5) is 25.8. The highest BCUT2D eigenvalue weighted by atomic mass is 32.1. The van der Waals surface area contributed by atoms with Crippen molar-refractivity contribution in [3.8, 4) is 0 Å². The van der Waals surface area contributed by atoms with E-state index >= 15 is 0 Å². The van der Waals surface area contributed by atoms with Crippen LogP contribution in [-0.4, -0.2) is 11.8 Å². The van der Waals surface area contributed by atoms with Crippen LogP contribution in [0, 0.1) is 11.3 Å². The van der Waals surface area contributed by atoms with Gasteiger partial charge in [0.1, 0.15) is 0 Å². The zero-order chi connectivity index (χ0) is 18.9. The van der Waals surface area contributed by atoms with Crippen molar-refractivity contribution in [3.05, 3.63) is 56.8 Å². The molecule has 1 aliphatic carbocycles. The Balaban J connectivity index is 1.63. The maximum atomic E-state index is 12.5. The number of rotatable bonds is 4. The summed E-state index contributed by atoms with van der Waals surface area (Å²) in [5.41, 5.74) is 8.30. The molecule has 138 valence electrons. The van der Waals surface area contributed by atoms with E-state index in [-0.39, 0.29) is 5.91 Å². The van der Waals surface area contributed by atoms with Crippen molar-refractivity contribution in [2.75, 3.05) is 0 Å². The summed E-state index contributed by atoms with van der Waals surface area (Å²) in [6.07, 6.45) is 3.34. The van der Waals surface area contributed by atoms with Gasteiger partial charge in [0, 0.05) is 17.0 Å². The third kappa shape index (κ3) is 4.15. The summed E-state index contributed by atoms with van der Waals surface area (Å²) in [6.45, 7) is 7.33. The molecule has 0 radical (unpaired) electrons. The fourth-order valence-corrected chi connectivity index (χ4v) is 4.56. The molecule has 1 aromatic heterocycles. The molecule has 1 aliphatic rings. The number of benzene rings is 1. The van der Waals surface area contributed by atoms with Gasteiger partial charge in [-0.2, -0.15) is 0 Å². The van der Waals surface area contributed by atoms with E-state index in [0.717, 1.165) is 23.3 Å². The summed E-state index contributed by atoms with van der Waals surface area (Å²) >= 11 is 1.62. The molecule has 1 aromatic carbocycles. The van der Waals surface area contributed by atoms with Gasteiger partial charge in [-0.1, -0.05) is 32.9 Å². The molecule has 0 fully saturated rings. The number of primary amides is 1. The van der Waals surface area contributed by atoms with Gasteiger partial charge in [-0.25, -0.2) is 0 Å². The van der Waals surface area contributed by atoms with Crippen LogP contribution in [0.2, 0.25) is 0 Å². The third-order valence-corrected chi connectivity index (χ3v) is 6.46. The predicted molar refractivity (Wildman–Crippen MR) is 105 cm³/mol. The van der Waals surface area contributed by atoms with Gasteiger partial charge < -0.3 is 11.1 Å². The Kier molecular flexibility index (Phi) is 5.19. The zero-order valence-electron chi connectivity index (χ0n) is 15.6. The summed E-state index contributed by atoms with van der Waals surface area (Å²) in [5.74, 6) is 0.193. The van der Waals surface area contributed by atoms with Crippen LogP contribution >= 0.6 is 11.3 Å². The smallest absolute Gasteiger partial charge is 0.261 e. The van der Waals surface area contributed by atoms with Crippen LogP contribution in [-0.2, 0) is 19.4 Å². The zero-order valence-corrected chi connectivity index (χ0v) is 16.4. The lowest BCUT2D eigenvalue weighted by Gasteiger charge is -2.33. The second-order valence-corrected chi connectivity index (χ2v) is 9.25. The highest BCUT2D eigenvalue weighted by molar-refractivity contribution is 7.14. The number of carbonyl (C=O) groups is 2. The van der Waals surface area contributed by atoms with E-state index in [2.05, 4.69) is 32.2 Å². The first-order valence-corrected chi connectivity index (χ1v) is 9.84. The van der Waals surface area contributed by atoms with Crippen molar-refractivity contribution in [3.63, 3.8) is 0 Å². The first kappa shape index (κ1) is 18.6. The van der Waals surface area contributed by atoms with Gasteiger partial charge in [-0.05, 0) is 59.9 Å². The number of amides is 2. The van der Waals surface area contributed by atoms with Crippen LogP contribution in [0.15, 0.2) is 30.3 Å². The summed E-state index contributed by atoms with van der Waals surface area (Å²) in [5, 5.41) is 2.97. The van der Waals surface area contributed by atoms with Crippen LogP contribution in [0.25, 0.3) is 0 Å². The molecule has 1 unspecified atom stereocenters. The van der Waals surface area contributed by atoms with Crippen molar-refractivity contribution in [2.45, 2.75) is 46.6 Å². The molecule has 1 heterocycles. The van der Waals surface area contributed by atoms with Crippen LogP contribution in [0.1, 0.15) is 63.2 Å². The number of hydrogen-bond acceptors (Lipinski definition) is 3. The number of carbonyl (C=O) groups excluding carboxylic acids is 2. The molecule has 4 nitrogen and oxygen atoms in total. The normalized spacial score (nSPS) is 16.8. The Bertz CT molecular complexity index is 816. The molecule has 0 saturated heterocycles. The molecule has 2 aromatic rings. The fraction of sp³-hybridized carbons (Fsp3) is 0.429. The Hall–Kier alpha value is -2.14. The standard InChI is InChI=1S/C21H26N2O2S/c1-21(2,3)16-8-9-17-15(10-16)11-18(26-17)20(25)23-12-13-4-6-14(7-5-13)19(22)24/h4-7,11,16H,8-10,12H2,1-3H3,(H2,22,24)(H,23,25). The molecule has 3 rings (SSSR count). The van der Waals surface area contributed by atoms with Gasteiger partial charge in [0.25, 0.3) is 5.91 Å². The number of hydrogen-bond donors (Lipinski definition) is 2. The molecule has 0 spiro atoms. The number of fused-ring (bicyclic) bond motifs is 1. The van der Waals surface area contributed by atoms with E-state index in [1.165, 1.54) is 16.9 Å². The number of aryl methyl sites for hydroxylation is 1. The van der Waals surface area contributed by atoms with Gasteiger partial charge in [0.2, 0.25) is 5.91 Å². The number of nitrogens with two attached hydrogens (primary N) is 1. The minimum absolute atomic E-state index is 0.0318. The van der Waals surface area contributed by atoms with Gasteiger partial charge >= 0.3 is 0 Å². The van der Waals surface area contributed by atoms with E-state index in [1.54, 1.807) is 23.5 Å². The average molecular weight is 371 g/mol. The van der Waals surface area contributed by atoms with Gasteiger partial charge in [0.05, 0.1) is 4.88 Å². The van der Waals surface area contributed by atoms with E-state index in [1.807, 2.05) is 12.1 Å². The molecular formula is C21H26N2O2S. The maximum Gasteiger partial charge on any atom is 0.261 e. The summed E-state index contributed by atoms with van der Waals surface area (Å²) in [6, 6.07) is 9.06. The highest BCUT2D eigenvalue weighted by Crippen LogP contribution is 2.40. The first-order valence-electron chi connectivity index (χ1n) is 9.02. The molecule has 0 bridgehead atoms. The van der Waals surface area contributed by atoms with Crippen molar-refractivity contribution in [2.24, 2.45) is 17.1 Å². The van der Waals surface area contributed by atoms with E-state index in [9.17, 15) is 9.59 Å². The Labute approximate surface area is 158 Å². The van der Waals surface area contributed by atoms with Crippen LogP contribution < -0.4 is 11.1 Å². The SMILES string of the molecule is CC(C)(C)C1CCc2sc(C(=O)NCc3ccc(C(N)=O)cc3)cc2C1.